The van der Waals surface area contributed by atoms with E-state index in [0.717, 1.165) is 38.2 Å². The van der Waals surface area contributed by atoms with Crippen molar-refractivity contribution in [2.75, 3.05) is 12.3 Å². The monoisotopic (exact) mass is 726 g/mol. The molecule has 7 rings (SSSR count). The lowest BCUT2D eigenvalue weighted by Crippen LogP contribution is -2.53. The Labute approximate surface area is 304 Å². The van der Waals surface area contributed by atoms with Crippen molar-refractivity contribution in [3.63, 3.8) is 0 Å². The van der Waals surface area contributed by atoms with Gasteiger partial charge in [0.2, 0.25) is 10.0 Å². The van der Waals surface area contributed by atoms with Crippen LogP contribution < -0.4 is 15.2 Å². The zero-order chi connectivity index (χ0) is 36.5. The second-order valence-corrected chi connectivity index (χ2v) is 17.5. The molecule has 0 radical (unpaired) electrons. The lowest BCUT2D eigenvalue weighted by atomic mass is 9.50. The summed E-state index contributed by atoms with van der Waals surface area (Å²) in [6.07, 6.45) is 11.0. The van der Waals surface area contributed by atoms with Crippen LogP contribution in [-0.4, -0.2) is 36.9 Å². The summed E-state index contributed by atoms with van der Waals surface area (Å²) in [4.78, 5) is 26.6. The first kappa shape index (κ1) is 35.2. The highest BCUT2D eigenvalue weighted by molar-refractivity contribution is 7.90. The van der Waals surface area contributed by atoms with Crippen molar-refractivity contribution in [2.45, 2.75) is 76.4 Å². The van der Waals surface area contributed by atoms with Crippen LogP contribution in [0.1, 0.15) is 108 Å². The molecule has 10 heteroatoms. The van der Waals surface area contributed by atoms with Crippen LogP contribution in [0.2, 0.25) is 0 Å². The summed E-state index contributed by atoms with van der Waals surface area (Å²) >= 11 is 6.67. The van der Waals surface area contributed by atoms with Crippen LogP contribution in [0.4, 0.5) is 5.69 Å². The van der Waals surface area contributed by atoms with Gasteiger partial charge < -0.3 is 15.6 Å². The Morgan fingerprint density at radius 1 is 1.04 bits per heavy atom. The predicted octanol–water partition coefficient (Wildman–Crippen LogP) is 7.83. The molecule has 266 valence electrons. The average molecular weight is 727 g/mol. The number of nitrogens with one attached hydrogen (secondary N) is 1. The third-order valence-corrected chi connectivity index (χ3v) is 13.6. The van der Waals surface area contributed by atoms with E-state index in [1.165, 1.54) is 53.1 Å². The molecule has 4 N–H and O–H groups in total. The number of phenolic OH excluding ortho intramolecular Hbond substituents is 1. The lowest BCUT2D eigenvalue weighted by Gasteiger charge is -2.55. The van der Waals surface area contributed by atoms with E-state index in [-0.39, 0.29) is 55.3 Å². The summed E-state index contributed by atoms with van der Waals surface area (Å²) in [5, 5.41) is 9.76. The number of ether oxygens (including phenoxy) is 1. The second-order valence-electron chi connectivity index (χ2n) is 15.2. The molecule has 0 saturated heterocycles. The number of fused-ring (bicyclic) bond motifs is 5. The van der Waals surface area contributed by atoms with E-state index < -0.39 is 32.6 Å². The largest absolute Gasteiger partial charge is 0.507 e. The van der Waals surface area contributed by atoms with Crippen LogP contribution >= 0.6 is 11.6 Å². The van der Waals surface area contributed by atoms with Gasteiger partial charge in [0.05, 0.1) is 21.8 Å². The first-order valence-corrected chi connectivity index (χ1v) is 19.5. The van der Waals surface area contributed by atoms with E-state index in [1.807, 2.05) is 0 Å². The second kappa shape index (κ2) is 12.8. The summed E-state index contributed by atoms with van der Waals surface area (Å²) < 4.78 is 36.6. The molecule has 1 saturated carbocycles. The Hall–Kier alpha value is -4.18. The highest BCUT2D eigenvalue weighted by Gasteiger charge is 2.52. The van der Waals surface area contributed by atoms with Crippen LogP contribution in [0.25, 0.3) is 0 Å². The van der Waals surface area contributed by atoms with Crippen molar-refractivity contribution in [3.05, 3.63) is 123 Å². The molecule has 4 aliphatic carbocycles. The van der Waals surface area contributed by atoms with Crippen molar-refractivity contribution in [1.82, 2.24) is 4.72 Å². The molecule has 1 fully saturated rings. The van der Waals surface area contributed by atoms with Gasteiger partial charge in [0, 0.05) is 23.7 Å². The minimum Gasteiger partial charge on any atom is -0.507 e. The van der Waals surface area contributed by atoms with Crippen LogP contribution in [0.3, 0.4) is 0 Å². The quantitative estimate of drug-likeness (QED) is 0.131. The Kier molecular flexibility index (Phi) is 8.84. The highest BCUT2D eigenvalue weighted by Crippen LogP contribution is 2.57. The molecule has 3 aromatic carbocycles. The number of ketones is 2. The molecule has 0 aliphatic heterocycles. The fourth-order valence-electron chi connectivity index (χ4n) is 8.94. The molecule has 4 unspecified atom stereocenters. The SMILES string of the molecule is CC(C)c1ccc2c(c1)CCC1C(C)(CNS(=O)(=O)C3C=CC=C(Oc4cc(O)c5c(c4N)C(=O)c4ccccc4C5=O)C(Cl)=C3)CCCC21C. The van der Waals surface area contributed by atoms with Crippen LogP contribution in [0, 0.1) is 11.3 Å². The number of anilines is 1. The number of halogens is 1. The van der Waals surface area contributed by atoms with E-state index in [9.17, 15) is 23.1 Å². The maximum atomic E-state index is 13.8. The van der Waals surface area contributed by atoms with E-state index in [1.54, 1.807) is 12.1 Å². The Morgan fingerprint density at radius 2 is 1.75 bits per heavy atom. The predicted molar refractivity (Wildman–Crippen MR) is 200 cm³/mol. The van der Waals surface area contributed by atoms with Crippen molar-refractivity contribution < 1.29 is 27.9 Å². The third-order valence-electron chi connectivity index (χ3n) is 11.7. The summed E-state index contributed by atoms with van der Waals surface area (Å²) in [5.74, 6) is -0.757. The number of nitrogen functional groups attached to an aromatic ring is 1. The summed E-state index contributed by atoms with van der Waals surface area (Å²) in [5.41, 5.74) is 10.2. The Balaban J connectivity index is 1.09. The van der Waals surface area contributed by atoms with E-state index >= 15 is 0 Å². The minimum atomic E-state index is -3.91. The fraction of sp³-hybridized carbons (Fsp3) is 0.366. The Bertz CT molecular complexity index is 2190. The van der Waals surface area contributed by atoms with Gasteiger partial charge in [0.25, 0.3) is 0 Å². The standard InChI is InChI=1S/C41H43ClN2O6S/c1-23(2)24-13-15-29-25(19-24)14-16-34-40(3,17-8-18-41(29,34)4)22-44-51(48,49)26-9-7-12-32(30(42)20-26)50-33-21-31(45)35-36(37(33)43)39(47)28-11-6-5-10-27(28)38(35)46/h5-7,9-13,15,19-21,23,26,34,44-45H,8,14,16-18,22,43H2,1-4H3. The number of carbonyl (C=O) groups is 2. The number of aryl methyl sites for hydroxylation is 1. The summed E-state index contributed by atoms with van der Waals surface area (Å²) in [6.45, 7) is 9.33. The first-order chi connectivity index (χ1) is 24.1. The lowest BCUT2D eigenvalue weighted by molar-refractivity contribution is 0.0298. The summed E-state index contributed by atoms with van der Waals surface area (Å²) in [6, 6.07) is 14.4. The molecule has 8 nitrogen and oxygen atoms in total. The van der Waals surface area contributed by atoms with Gasteiger partial charge in [-0.05, 0) is 77.2 Å². The molecule has 0 bridgehead atoms. The molecule has 51 heavy (non-hydrogen) atoms. The number of hydrogen-bond acceptors (Lipinski definition) is 7. The van der Waals surface area contributed by atoms with E-state index in [2.05, 4.69) is 50.6 Å². The summed E-state index contributed by atoms with van der Waals surface area (Å²) in [7, 11) is -3.91. The van der Waals surface area contributed by atoms with Gasteiger partial charge >= 0.3 is 0 Å². The number of nitrogens with two attached hydrogens (primary N) is 1. The minimum absolute atomic E-state index is 0.000779. The molecule has 0 spiro atoms. The number of rotatable bonds is 7. The van der Waals surface area contributed by atoms with Crippen LogP contribution in [0.5, 0.6) is 11.5 Å². The van der Waals surface area contributed by atoms with Gasteiger partial charge in [-0.2, -0.15) is 0 Å². The number of carbonyl (C=O) groups excluding carboxylic acids is 2. The molecule has 3 aromatic rings. The molecule has 4 atom stereocenters. The van der Waals surface area contributed by atoms with Crippen molar-refractivity contribution in [3.8, 4) is 11.5 Å². The molecule has 0 heterocycles. The Morgan fingerprint density at radius 3 is 2.45 bits per heavy atom. The van der Waals surface area contributed by atoms with Gasteiger partial charge in [-0.3, -0.25) is 9.59 Å². The number of benzene rings is 3. The first-order valence-electron chi connectivity index (χ1n) is 17.5. The number of sulfonamides is 1. The molecule has 0 amide bonds. The normalized spacial score (nSPS) is 25.6. The number of hydrogen-bond donors (Lipinski definition) is 3. The number of phenols is 1. The molecule has 4 aliphatic rings. The molecule has 0 aromatic heterocycles. The van der Waals surface area contributed by atoms with Gasteiger partial charge in [0.15, 0.2) is 17.3 Å². The molecular formula is C41H43ClN2O6S. The number of aromatic hydroxyl groups is 1. The van der Waals surface area contributed by atoms with Gasteiger partial charge in [-0.1, -0.05) is 100 Å². The maximum absolute atomic E-state index is 13.8. The average Bonchev–Trinajstić information content (AvgIpc) is 3.28. The highest BCUT2D eigenvalue weighted by atomic mass is 35.5. The van der Waals surface area contributed by atoms with Crippen molar-refractivity contribution in [2.24, 2.45) is 11.3 Å². The zero-order valence-corrected chi connectivity index (χ0v) is 30.8. The van der Waals surface area contributed by atoms with E-state index in [4.69, 9.17) is 22.1 Å². The van der Waals surface area contributed by atoms with Gasteiger partial charge in [0.1, 0.15) is 16.8 Å². The third kappa shape index (κ3) is 5.93. The van der Waals surface area contributed by atoms with Gasteiger partial charge in [-0.15, -0.1) is 0 Å². The number of allylic oxidation sites excluding steroid dienone is 3. The van der Waals surface area contributed by atoms with Crippen LogP contribution in [0.15, 0.2) is 83.6 Å². The van der Waals surface area contributed by atoms with Crippen molar-refractivity contribution in [1.29, 1.82) is 0 Å². The van der Waals surface area contributed by atoms with Gasteiger partial charge in [-0.25, -0.2) is 13.1 Å². The topological polar surface area (TPSA) is 136 Å². The van der Waals surface area contributed by atoms with E-state index in [0.29, 0.717) is 18.4 Å². The molecular weight excluding hydrogens is 684 g/mol. The fourth-order valence-corrected chi connectivity index (χ4v) is 10.6. The van der Waals surface area contributed by atoms with Crippen LogP contribution in [-0.2, 0) is 21.9 Å². The smallest absolute Gasteiger partial charge is 0.221 e. The van der Waals surface area contributed by atoms with Crippen molar-refractivity contribution >= 4 is 38.9 Å². The maximum Gasteiger partial charge on any atom is 0.221 e. The zero-order valence-electron chi connectivity index (χ0n) is 29.3.